The summed E-state index contributed by atoms with van der Waals surface area (Å²) in [4.78, 5) is 4.34. The molecule has 2 aromatic heterocycles. The van der Waals surface area contributed by atoms with Crippen LogP contribution in [0.1, 0.15) is 5.89 Å². The number of hydrogen-bond donors (Lipinski definition) is 1. The molecule has 0 aliphatic rings. The quantitative estimate of drug-likeness (QED) is 0.428. The molecule has 0 aliphatic carbocycles. The van der Waals surface area contributed by atoms with Gasteiger partial charge in [0.25, 0.3) is 0 Å². The van der Waals surface area contributed by atoms with E-state index in [9.17, 15) is 0 Å². The molecule has 4 aromatic rings. The van der Waals surface area contributed by atoms with Crippen molar-refractivity contribution in [3.63, 3.8) is 0 Å². The van der Waals surface area contributed by atoms with Gasteiger partial charge in [-0.1, -0.05) is 65.6 Å². The average molecular weight is 396 g/mol. The van der Waals surface area contributed by atoms with Gasteiger partial charge in [-0.15, -0.1) is 10.2 Å². The zero-order chi connectivity index (χ0) is 18.5. The van der Waals surface area contributed by atoms with Crippen molar-refractivity contribution in [2.24, 2.45) is 0 Å². The van der Waals surface area contributed by atoms with Crippen molar-refractivity contribution < 1.29 is 9.15 Å². The molecule has 8 heteroatoms. The van der Waals surface area contributed by atoms with E-state index in [1.165, 1.54) is 11.3 Å². The summed E-state index contributed by atoms with van der Waals surface area (Å²) >= 11 is 3.01. The first-order chi connectivity index (χ1) is 13.3. The molecule has 0 unspecified atom stereocenters. The Hall–Kier alpha value is -2.84. The lowest BCUT2D eigenvalue weighted by Crippen LogP contribution is -1.93. The lowest BCUT2D eigenvalue weighted by atomic mass is 10.2. The molecule has 0 radical (unpaired) electrons. The Balaban J connectivity index is 1.38. The molecule has 0 atom stereocenters. The van der Waals surface area contributed by atoms with Crippen LogP contribution in [-0.2, 0) is 5.75 Å². The summed E-state index contributed by atoms with van der Waals surface area (Å²) in [5.74, 6) is 2.78. The van der Waals surface area contributed by atoms with Crippen molar-refractivity contribution in [2.45, 2.75) is 10.1 Å². The van der Waals surface area contributed by atoms with E-state index in [1.807, 2.05) is 54.6 Å². The van der Waals surface area contributed by atoms with Crippen molar-refractivity contribution >= 4 is 33.9 Å². The maximum absolute atomic E-state index is 5.82. The van der Waals surface area contributed by atoms with Crippen LogP contribution in [0.3, 0.4) is 0 Å². The Morgan fingerprint density at radius 3 is 2.74 bits per heavy atom. The molecule has 0 aliphatic heterocycles. The Labute approximate surface area is 164 Å². The number of ether oxygens (including phenoxy) is 1. The Morgan fingerprint density at radius 1 is 1.07 bits per heavy atom. The summed E-state index contributed by atoms with van der Waals surface area (Å²) in [6.45, 7) is 0. The minimum atomic E-state index is 0.593. The molecule has 0 amide bonds. The fraction of sp³-hybridized carbons (Fsp3) is 0.105. The predicted molar refractivity (Wildman–Crippen MR) is 108 cm³/mol. The Morgan fingerprint density at radius 2 is 1.89 bits per heavy atom. The molecule has 2 aromatic carbocycles. The standard InChI is InChI=1S/C19H16N4O2S2/c1-24-15-10-6-5-9-14(15)21-18-22-23-19(27-18)26-12-17-20-11-16(25-17)13-7-3-2-4-8-13/h2-11H,12H2,1H3,(H,21,22). The number of nitrogens with one attached hydrogen (secondary N) is 1. The minimum absolute atomic E-state index is 0.593. The third kappa shape index (κ3) is 4.29. The molecule has 27 heavy (non-hydrogen) atoms. The summed E-state index contributed by atoms with van der Waals surface area (Å²) in [5, 5.41) is 12.3. The van der Waals surface area contributed by atoms with E-state index >= 15 is 0 Å². The molecule has 0 bridgehead atoms. The highest BCUT2D eigenvalue weighted by molar-refractivity contribution is 8.00. The first kappa shape index (κ1) is 17.6. The van der Waals surface area contributed by atoms with Gasteiger partial charge in [-0.05, 0) is 12.1 Å². The number of thioether (sulfide) groups is 1. The molecule has 0 saturated carbocycles. The van der Waals surface area contributed by atoms with Gasteiger partial charge in [0, 0.05) is 5.56 Å². The molecule has 0 fully saturated rings. The van der Waals surface area contributed by atoms with E-state index in [0.29, 0.717) is 16.8 Å². The van der Waals surface area contributed by atoms with E-state index in [4.69, 9.17) is 9.15 Å². The second-order valence-corrected chi connectivity index (χ2v) is 7.67. The van der Waals surface area contributed by atoms with Crippen LogP contribution < -0.4 is 10.1 Å². The Kier molecular flexibility index (Phi) is 5.36. The summed E-state index contributed by atoms with van der Waals surface area (Å²) in [5.41, 5.74) is 1.87. The first-order valence-corrected chi connectivity index (χ1v) is 9.98. The van der Waals surface area contributed by atoms with Gasteiger partial charge in [0.05, 0.1) is 24.7 Å². The molecule has 4 rings (SSSR count). The Bertz CT molecular complexity index is 1020. The van der Waals surface area contributed by atoms with Crippen molar-refractivity contribution in [2.75, 3.05) is 12.4 Å². The minimum Gasteiger partial charge on any atom is -0.495 e. The molecule has 1 N–H and O–H groups in total. The fourth-order valence-electron chi connectivity index (χ4n) is 2.42. The normalized spacial score (nSPS) is 10.7. The van der Waals surface area contributed by atoms with Crippen molar-refractivity contribution in [3.8, 4) is 17.1 Å². The summed E-state index contributed by atoms with van der Waals surface area (Å²) in [6, 6.07) is 17.6. The van der Waals surface area contributed by atoms with Gasteiger partial charge in [-0.25, -0.2) is 4.98 Å². The third-order valence-corrected chi connectivity index (χ3v) is 5.64. The highest BCUT2D eigenvalue weighted by Crippen LogP contribution is 2.33. The van der Waals surface area contributed by atoms with Crippen LogP contribution in [0.5, 0.6) is 5.75 Å². The number of methoxy groups -OCH3 is 1. The maximum Gasteiger partial charge on any atom is 0.210 e. The van der Waals surface area contributed by atoms with Gasteiger partial charge in [0.15, 0.2) is 10.1 Å². The van der Waals surface area contributed by atoms with Gasteiger partial charge < -0.3 is 14.5 Å². The van der Waals surface area contributed by atoms with Gasteiger partial charge in [-0.2, -0.15) is 0 Å². The highest BCUT2D eigenvalue weighted by Gasteiger charge is 2.11. The number of anilines is 2. The van der Waals surface area contributed by atoms with E-state index in [-0.39, 0.29) is 0 Å². The largest absolute Gasteiger partial charge is 0.495 e. The van der Waals surface area contributed by atoms with Crippen LogP contribution in [0.15, 0.2) is 69.6 Å². The van der Waals surface area contributed by atoms with E-state index in [2.05, 4.69) is 20.5 Å². The average Bonchev–Trinajstić information content (AvgIpc) is 3.37. The van der Waals surface area contributed by atoms with Crippen molar-refractivity contribution in [1.82, 2.24) is 15.2 Å². The number of oxazole rings is 1. The number of para-hydroxylation sites is 2. The summed E-state index contributed by atoms with van der Waals surface area (Å²) in [7, 11) is 1.64. The maximum atomic E-state index is 5.82. The second kappa shape index (κ2) is 8.24. The first-order valence-electron chi connectivity index (χ1n) is 8.18. The predicted octanol–water partition coefficient (Wildman–Crippen LogP) is 5.24. The van der Waals surface area contributed by atoms with E-state index < -0.39 is 0 Å². The zero-order valence-electron chi connectivity index (χ0n) is 14.5. The molecule has 6 nitrogen and oxygen atoms in total. The van der Waals surface area contributed by atoms with Crippen LogP contribution >= 0.6 is 23.1 Å². The van der Waals surface area contributed by atoms with Crippen molar-refractivity contribution in [3.05, 3.63) is 66.7 Å². The van der Waals surface area contributed by atoms with Crippen LogP contribution in [0, 0.1) is 0 Å². The highest BCUT2D eigenvalue weighted by atomic mass is 32.2. The smallest absolute Gasteiger partial charge is 0.210 e. The zero-order valence-corrected chi connectivity index (χ0v) is 16.1. The summed E-state index contributed by atoms with van der Waals surface area (Å²) < 4.78 is 12.0. The summed E-state index contributed by atoms with van der Waals surface area (Å²) in [6.07, 6.45) is 1.75. The monoisotopic (exact) mass is 396 g/mol. The number of rotatable bonds is 7. The topological polar surface area (TPSA) is 73.1 Å². The number of aromatic nitrogens is 3. The van der Waals surface area contributed by atoms with E-state index in [1.54, 1.807) is 25.1 Å². The molecule has 136 valence electrons. The van der Waals surface area contributed by atoms with Crippen LogP contribution in [0.4, 0.5) is 10.8 Å². The number of benzene rings is 2. The van der Waals surface area contributed by atoms with Gasteiger partial charge in [0.2, 0.25) is 11.0 Å². The fourth-order valence-corrected chi connectivity index (χ4v) is 4.04. The van der Waals surface area contributed by atoms with Gasteiger partial charge in [0.1, 0.15) is 5.75 Å². The van der Waals surface area contributed by atoms with Gasteiger partial charge >= 0.3 is 0 Å². The lowest BCUT2D eigenvalue weighted by molar-refractivity contribution is 0.417. The molecule has 0 saturated heterocycles. The van der Waals surface area contributed by atoms with Crippen molar-refractivity contribution in [1.29, 1.82) is 0 Å². The third-order valence-electron chi connectivity index (χ3n) is 3.69. The lowest BCUT2D eigenvalue weighted by Gasteiger charge is -2.07. The van der Waals surface area contributed by atoms with Gasteiger partial charge in [-0.3, -0.25) is 0 Å². The second-order valence-electron chi connectivity index (χ2n) is 5.47. The van der Waals surface area contributed by atoms with Crippen LogP contribution in [-0.4, -0.2) is 22.3 Å². The molecular formula is C19H16N4O2S2. The molecular weight excluding hydrogens is 380 g/mol. The SMILES string of the molecule is COc1ccccc1Nc1nnc(SCc2ncc(-c3ccccc3)o2)s1. The van der Waals surface area contributed by atoms with Crippen LogP contribution in [0.25, 0.3) is 11.3 Å². The molecule has 2 heterocycles. The number of nitrogens with zero attached hydrogens (tertiary/aromatic N) is 3. The van der Waals surface area contributed by atoms with Crippen LogP contribution in [0.2, 0.25) is 0 Å². The molecule has 0 spiro atoms. The van der Waals surface area contributed by atoms with E-state index in [0.717, 1.165) is 27.1 Å². The number of hydrogen-bond acceptors (Lipinski definition) is 8.